The second-order valence-electron chi connectivity index (χ2n) is 8.57. The van der Waals surface area contributed by atoms with Crippen LogP contribution in [0.25, 0.3) is 0 Å². The van der Waals surface area contributed by atoms with E-state index in [2.05, 4.69) is 20.7 Å². The fourth-order valence-electron chi connectivity index (χ4n) is 4.34. The lowest BCUT2D eigenvalue weighted by Gasteiger charge is -2.30. The summed E-state index contributed by atoms with van der Waals surface area (Å²) >= 11 is 6.04. The number of carbonyl (C=O) groups is 1. The first kappa shape index (κ1) is 25.2. The molecule has 0 spiro atoms. The lowest BCUT2D eigenvalue weighted by Crippen LogP contribution is -2.31. The van der Waals surface area contributed by atoms with E-state index < -0.39 is 6.04 Å². The van der Waals surface area contributed by atoms with Crippen molar-refractivity contribution in [2.75, 3.05) is 24.9 Å². The van der Waals surface area contributed by atoms with Crippen molar-refractivity contribution >= 4 is 29.1 Å². The summed E-state index contributed by atoms with van der Waals surface area (Å²) in [6, 6.07) is 19.5. The van der Waals surface area contributed by atoms with Gasteiger partial charge in [-0.2, -0.15) is 10.1 Å². The molecule has 1 aliphatic heterocycles. The first-order valence-electron chi connectivity index (χ1n) is 11.9. The van der Waals surface area contributed by atoms with Crippen LogP contribution in [-0.4, -0.2) is 34.9 Å². The monoisotopic (exact) mass is 531 g/mol. The molecule has 1 aliphatic rings. The van der Waals surface area contributed by atoms with Gasteiger partial charge in [0.15, 0.2) is 11.5 Å². The predicted octanol–water partition coefficient (Wildman–Crippen LogP) is 5.46. The molecule has 0 fully saturated rings. The van der Waals surface area contributed by atoms with Crippen molar-refractivity contribution in [2.45, 2.75) is 19.6 Å². The van der Waals surface area contributed by atoms with Crippen LogP contribution < -0.4 is 24.8 Å². The topological polar surface area (TPSA) is 99.5 Å². The zero-order chi connectivity index (χ0) is 26.6. The number of anilines is 2. The lowest BCUT2D eigenvalue weighted by molar-refractivity contribution is -0.113. The van der Waals surface area contributed by atoms with Gasteiger partial charge in [-0.3, -0.25) is 4.79 Å². The van der Waals surface area contributed by atoms with Crippen molar-refractivity contribution in [2.24, 2.45) is 0 Å². The zero-order valence-corrected chi connectivity index (χ0v) is 21.8. The maximum Gasteiger partial charge on any atom is 0.255 e. The number of rotatable bonds is 8. The van der Waals surface area contributed by atoms with Crippen molar-refractivity contribution in [3.8, 4) is 17.2 Å². The minimum Gasteiger partial charge on any atom is -0.497 e. The summed E-state index contributed by atoms with van der Waals surface area (Å²) in [6.45, 7) is 2.11. The maximum absolute atomic E-state index is 13.7. The Balaban J connectivity index is 1.54. The highest BCUT2D eigenvalue weighted by Gasteiger charge is 2.36. The number of fused-ring (bicyclic) bond motifs is 1. The molecule has 0 radical (unpaired) electrons. The molecule has 3 aromatic carbocycles. The number of nitrogens with one attached hydrogen (secondary N) is 2. The van der Waals surface area contributed by atoms with Gasteiger partial charge in [-0.1, -0.05) is 35.9 Å². The number of aromatic nitrogens is 3. The molecule has 4 aromatic rings. The molecule has 0 aliphatic carbocycles. The Morgan fingerprint density at radius 2 is 1.82 bits per heavy atom. The van der Waals surface area contributed by atoms with E-state index in [0.29, 0.717) is 50.7 Å². The maximum atomic E-state index is 13.7. The van der Waals surface area contributed by atoms with Gasteiger partial charge in [0.05, 0.1) is 19.8 Å². The molecule has 2 heterocycles. The van der Waals surface area contributed by atoms with Crippen LogP contribution in [0.15, 0.2) is 84.3 Å². The largest absolute Gasteiger partial charge is 0.497 e. The van der Waals surface area contributed by atoms with Gasteiger partial charge in [0.1, 0.15) is 24.7 Å². The summed E-state index contributed by atoms with van der Waals surface area (Å²) in [6.07, 6.45) is 1.45. The van der Waals surface area contributed by atoms with E-state index >= 15 is 0 Å². The first-order chi connectivity index (χ1) is 18.5. The molecule has 5 rings (SSSR count). The van der Waals surface area contributed by atoms with Crippen molar-refractivity contribution in [3.63, 3.8) is 0 Å². The number of nitrogens with zero attached hydrogens (tertiary/aromatic N) is 3. The molecule has 194 valence electrons. The summed E-state index contributed by atoms with van der Waals surface area (Å²) in [5.74, 6) is 1.95. The standard InChI is InChI=1S/C28H26ClN5O4/c1-17-24(27(35)33-20-11-13-21(36-2)14-12-20)25(34-28(32-17)30-16-31-34)22-5-4-6-23(37-3)26(22)38-15-18-7-9-19(29)10-8-18/h4-14,16,25H,15H2,1-3H3,(H,33,35)(H,30,31,32). The molecule has 1 unspecified atom stereocenters. The summed E-state index contributed by atoms with van der Waals surface area (Å²) in [4.78, 5) is 18.1. The molecule has 9 nitrogen and oxygen atoms in total. The Hall–Kier alpha value is -4.50. The number of hydrogen-bond donors (Lipinski definition) is 2. The van der Waals surface area contributed by atoms with Crippen LogP contribution in [0, 0.1) is 0 Å². The molecule has 1 aromatic heterocycles. The molecular formula is C28H26ClN5O4. The van der Waals surface area contributed by atoms with Gasteiger partial charge in [-0.15, -0.1) is 0 Å². The molecule has 0 saturated carbocycles. The third-order valence-electron chi connectivity index (χ3n) is 6.21. The van der Waals surface area contributed by atoms with Gasteiger partial charge in [0.2, 0.25) is 5.95 Å². The smallest absolute Gasteiger partial charge is 0.255 e. The molecule has 1 amide bonds. The van der Waals surface area contributed by atoms with Gasteiger partial charge in [-0.05, 0) is 55.0 Å². The number of hydrogen-bond acceptors (Lipinski definition) is 7. The van der Waals surface area contributed by atoms with Crippen LogP contribution in [-0.2, 0) is 11.4 Å². The Morgan fingerprint density at radius 1 is 1.05 bits per heavy atom. The Bertz CT molecular complexity index is 1480. The molecule has 0 bridgehead atoms. The average molecular weight is 532 g/mol. The number of ether oxygens (including phenoxy) is 3. The van der Waals surface area contributed by atoms with E-state index in [9.17, 15) is 4.79 Å². The predicted molar refractivity (Wildman–Crippen MR) is 145 cm³/mol. The van der Waals surface area contributed by atoms with Crippen LogP contribution in [0.1, 0.15) is 24.1 Å². The number of para-hydroxylation sites is 1. The second kappa shape index (κ2) is 10.9. The summed E-state index contributed by atoms with van der Waals surface area (Å²) in [7, 11) is 3.17. The van der Waals surface area contributed by atoms with Gasteiger partial charge >= 0.3 is 0 Å². The van der Waals surface area contributed by atoms with Gasteiger partial charge < -0.3 is 24.8 Å². The minimum absolute atomic E-state index is 0.274. The summed E-state index contributed by atoms with van der Waals surface area (Å²) in [5, 5.41) is 11.3. The molecule has 0 saturated heterocycles. The molecule has 38 heavy (non-hydrogen) atoms. The third-order valence-corrected chi connectivity index (χ3v) is 6.46. The van der Waals surface area contributed by atoms with Gasteiger partial charge in [0.25, 0.3) is 5.91 Å². The quantitative estimate of drug-likeness (QED) is 0.311. The van der Waals surface area contributed by atoms with Crippen molar-refractivity contribution < 1.29 is 19.0 Å². The number of carbonyl (C=O) groups excluding carboxylic acids is 1. The van der Waals surface area contributed by atoms with Crippen LogP contribution >= 0.6 is 11.6 Å². The molecule has 2 N–H and O–H groups in total. The van der Waals surface area contributed by atoms with Gasteiger partial charge in [0, 0.05) is 22.0 Å². The summed E-state index contributed by atoms with van der Waals surface area (Å²) in [5.41, 5.74) is 3.37. The SMILES string of the molecule is COc1ccc(NC(=O)C2=C(C)Nc3ncnn3C2c2cccc(OC)c2OCc2ccc(Cl)cc2)cc1. The van der Waals surface area contributed by atoms with E-state index in [1.165, 1.54) is 6.33 Å². The second-order valence-corrected chi connectivity index (χ2v) is 9.01. The third kappa shape index (κ3) is 5.01. The molecule has 10 heteroatoms. The highest BCUT2D eigenvalue weighted by Crippen LogP contribution is 2.43. The minimum atomic E-state index is -0.637. The number of allylic oxidation sites excluding steroid dienone is 1. The lowest BCUT2D eigenvalue weighted by atomic mass is 9.94. The molecular weight excluding hydrogens is 506 g/mol. The van der Waals surface area contributed by atoms with E-state index in [1.54, 1.807) is 43.2 Å². The number of amides is 1. The Kier molecular flexibility index (Phi) is 7.19. The van der Waals surface area contributed by atoms with Crippen LogP contribution in [0.4, 0.5) is 11.6 Å². The Morgan fingerprint density at radius 3 is 2.53 bits per heavy atom. The average Bonchev–Trinajstić information content (AvgIpc) is 3.40. The van der Waals surface area contributed by atoms with Gasteiger partial charge in [-0.25, -0.2) is 4.68 Å². The number of benzene rings is 3. The van der Waals surface area contributed by atoms with E-state index in [-0.39, 0.29) is 12.5 Å². The summed E-state index contributed by atoms with van der Waals surface area (Å²) < 4.78 is 18.9. The van der Waals surface area contributed by atoms with Crippen LogP contribution in [0.5, 0.6) is 17.2 Å². The van der Waals surface area contributed by atoms with Crippen LogP contribution in [0.2, 0.25) is 5.02 Å². The fraction of sp³-hybridized carbons (Fsp3) is 0.179. The number of halogens is 1. The highest BCUT2D eigenvalue weighted by atomic mass is 35.5. The van der Waals surface area contributed by atoms with Crippen molar-refractivity contribution in [3.05, 3.63) is 100 Å². The fourth-order valence-corrected chi connectivity index (χ4v) is 4.47. The zero-order valence-electron chi connectivity index (χ0n) is 21.1. The first-order valence-corrected chi connectivity index (χ1v) is 12.2. The number of methoxy groups -OCH3 is 2. The van der Waals surface area contributed by atoms with Crippen LogP contribution in [0.3, 0.4) is 0 Å². The van der Waals surface area contributed by atoms with E-state index in [1.807, 2.05) is 49.4 Å². The van der Waals surface area contributed by atoms with E-state index in [4.69, 9.17) is 25.8 Å². The van der Waals surface area contributed by atoms with E-state index in [0.717, 1.165) is 5.56 Å². The van der Waals surface area contributed by atoms with Crippen molar-refractivity contribution in [1.29, 1.82) is 0 Å². The Labute approximate surface area is 225 Å². The molecule has 1 atom stereocenters. The highest BCUT2D eigenvalue weighted by molar-refractivity contribution is 6.30. The van der Waals surface area contributed by atoms with Crippen molar-refractivity contribution in [1.82, 2.24) is 14.8 Å². The normalized spacial score (nSPS) is 14.4.